The van der Waals surface area contributed by atoms with Gasteiger partial charge in [-0.1, -0.05) is 12.1 Å². The summed E-state index contributed by atoms with van der Waals surface area (Å²) in [7, 11) is 0. The Morgan fingerprint density at radius 2 is 1.80 bits per heavy atom. The van der Waals surface area contributed by atoms with Gasteiger partial charge < -0.3 is 0 Å². The standard InChI is InChI=1S/C9H8F3NO2/c10-6-9(11,12)5-7-1-3-8(4-2-7)13(14)15/h1-4H,5-6H2. The molecule has 0 unspecified atom stereocenters. The van der Waals surface area contributed by atoms with Crippen molar-refractivity contribution >= 4 is 5.69 Å². The van der Waals surface area contributed by atoms with Crippen LogP contribution in [0.25, 0.3) is 0 Å². The highest BCUT2D eigenvalue weighted by Gasteiger charge is 2.29. The summed E-state index contributed by atoms with van der Waals surface area (Å²) in [4.78, 5) is 9.62. The molecule has 0 radical (unpaired) electrons. The van der Waals surface area contributed by atoms with Crippen LogP contribution in [-0.4, -0.2) is 17.5 Å². The molecule has 1 aromatic carbocycles. The van der Waals surface area contributed by atoms with E-state index in [1.807, 2.05) is 0 Å². The third-order valence-corrected chi connectivity index (χ3v) is 1.81. The fourth-order valence-electron chi connectivity index (χ4n) is 1.08. The van der Waals surface area contributed by atoms with Gasteiger partial charge in [0.2, 0.25) is 0 Å². The van der Waals surface area contributed by atoms with Crippen LogP contribution in [0.1, 0.15) is 5.56 Å². The second-order valence-electron chi connectivity index (χ2n) is 3.09. The molecule has 15 heavy (non-hydrogen) atoms. The van der Waals surface area contributed by atoms with Crippen LogP contribution in [0.15, 0.2) is 24.3 Å². The van der Waals surface area contributed by atoms with Gasteiger partial charge in [0.1, 0.15) is 0 Å². The molecular formula is C9H8F3NO2. The van der Waals surface area contributed by atoms with Crippen molar-refractivity contribution in [2.75, 3.05) is 6.67 Å². The first-order chi connectivity index (χ1) is 6.94. The lowest BCUT2D eigenvalue weighted by Gasteiger charge is -2.11. The molecule has 3 nitrogen and oxygen atoms in total. The third kappa shape index (κ3) is 3.23. The van der Waals surface area contributed by atoms with Crippen molar-refractivity contribution in [3.63, 3.8) is 0 Å². The van der Waals surface area contributed by atoms with Crippen LogP contribution in [0.5, 0.6) is 0 Å². The largest absolute Gasteiger partial charge is 0.279 e. The second kappa shape index (κ2) is 4.29. The molecule has 0 aliphatic carbocycles. The van der Waals surface area contributed by atoms with Crippen molar-refractivity contribution in [1.29, 1.82) is 0 Å². The topological polar surface area (TPSA) is 43.1 Å². The Bertz CT molecular complexity index is 351. The highest BCUT2D eigenvalue weighted by Crippen LogP contribution is 2.22. The van der Waals surface area contributed by atoms with Gasteiger partial charge in [-0.3, -0.25) is 10.1 Å². The first-order valence-electron chi connectivity index (χ1n) is 4.12. The maximum absolute atomic E-state index is 12.6. The van der Waals surface area contributed by atoms with Gasteiger partial charge in [-0.15, -0.1) is 0 Å². The average Bonchev–Trinajstić information content (AvgIpc) is 2.18. The molecule has 0 aliphatic heterocycles. The van der Waals surface area contributed by atoms with E-state index in [0.29, 0.717) is 0 Å². The van der Waals surface area contributed by atoms with E-state index in [2.05, 4.69) is 0 Å². The number of rotatable bonds is 4. The molecule has 0 fully saturated rings. The van der Waals surface area contributed by atoms with Crippen LogP contribution in [0.3, 0.4) is 0 Å². The lowest BCUT2D eigenvalue weighted by Crippen LogP contribution is -2.21. The lowest BCUT2D eigenvalue weighted by molar-refractivity contribution is -0.384. The molecule has 0 N–H and O–H groups in total. The summed E-state index contributed by atoms with van der Waals surface area (Å²) in [5, 5.41) is 10.3. The van der Waals surface area contributed by atoms with Crippen molar-refractivity contribution in [2.24, 2.45) is 0 Å². The van der Waals surface area contributed by atoms with Crippen molar-refractivity contribution in [2.45, 2.75) is 12.3 Å². The van der Waals surface area contributed by atoms with Gasteiger partial charge in [0.05, 0.1) is 4.92 Å². The summed E-state index contributed by atoms with van der Waals surface area (Å²) < 4.78 is 37.0. The zero-order valence-electron chi connectivity index (χ0n) is 7.62. The summed E-state index contributed by atoms with van der Waals surface area (Å²) >= 11 is 0. The maximum Gasteiger partial charge on any atom is 0.279 e. The SMILES string of the molecule is O=[N+]([O-])c1ccc(CC(F)(F)CF)cc1. The molecule has 0 amide bonds. The van der Waals surface area contributed by atoms with Gasteiger partial charge in [-0.2, -0.15) is 0 Å². The number of nitrogens with zero attached hydrogens (tertiary/aromatic N) is 1. The Hall–Kier alpha value is -1.59. The molecule has 1 rings (SSSR count). The average molecular weight is 219 g/mol. The van der Waals surface area contributed by atoms with Gasteiger partial charge in [0.25, 0.3) is 11.6 Å². The molecule has 0 saturated carbocycles. The van der Waals surface area contributed by atoms with E-state index in [1.54, 1.807) is 0 Å². The van der Waals surface area contributed by atoms with Crippen LogP contribution in [0.4, 0.5) is 18.9 Å². The summed E-state index contributed by atoms with van der Waals surface area (Å²) in [6.07, 6.45) is -0.749. The van der Waals surface area contributed by atoms with Gasteiger partial charge in [-0.25, -0.2) is 13.2 Å². The van der Waals surface area contributed by atoms with Crippen molar-refractivity contribution < 1.29 is 18.1 Å². The Morgan fingerprint density at radius 1 is 1.27 bits per heavy atom. The minimum atomic E-state index is -3.41. The molecule has 0 aliphatic rings. The van der Waals surface area contributed by atoms with Crippen LogP contribution < -0.4 is 0 Å². The molecule has 82 valence electrons. The quantitative estimate of drug-likeness (QED) is 0.577. The number of nitro groups is 1. The Labute approximate surface area is 83.7 Å². The molecule has 0 aromatic heterocycles. The van der Waals surface area contributed by atoms with Crippen molar-refractivity contribution in [3.05, 3.63) is 39.9 Å². The highest BCUT2D eigenvalue weighted by molar-refractivity contribution is 5.33. The zero-order chi connectivity index (χ0) is 11.5. The van der Waals surface area contributed by atoms with E-state index >= 15 is 0 Å². The van der Waals surface area contributed by atoms with Crippen LogP contribution in [0, 0.1) is 10.1 Å². The zero-order valence-corrected chi connectivity index (χ0v) is 7.62. The van der Waals surface area contributed by atoms with E-state index in [4.69, 9.17) is 0 Å². The lowest BCUT2D eigenvalue weighted by atomic mass is 10.1. The van der Waals surface area contributed by atoms with Gasteiger partial charge in [-0.05, 0) is 5.56 Å². The minimum Gasteiger partial charge on any atom is -0.258 e. The minimum absolute atomic E-state index is 0.170. The Balaban J connectivity index is 2.77. The highest BCUT2D eigenvalue weighted by atomic mass is 19.3. The predicted octanol–water partition coefficient (Wildman–Crippen LogP) is 2.74. The Kier molecular flexibility index (Phi) is 3.28. The molecule has 0 saturated heterocycles. The number of nitro benzene ring substituents is 1. The smallest absolute Gasteiger partial charge is 0.258 e. The van der Waals surface area contributed by atoms with E-state index < -0.39 is 23.9 Å². The molecule has 0 atom stereocenters. The molecule has 0 spiro atoms. The van der Waals surface area contributed by atoms with E-state index in [9.17, 15) is 23.3 Å². The first-order valence-corrected chi connectivity index (χ1v) is 4.12. The fraction of sp³-hybridized carbons (Fsp3) is 0.333. The summed E-state index contributed by atoms with van der Waals surface area (Å²) in [5.74, 6) is -3.41. The number of benzene rings is 1. The van der Waals surface area contributed by atoms with Crippen LogP contribution in [0.2, 0.25) is 0 Å². The van der Waals surface area contributed by atoms with Gasteiger partial charge >= 0.3 is 0 Å². The monoisotopic (exact) mass is 219 g/mol. The van der Waals surface area contributed by atoms with Crippen molar-refractivity contribution in [1.82, 2.24) is 0 Å². The number of non-ortho nitro benzene ring substituents is 1. The number of hydrogen-bond donors (Lipinski definition) is 0. The van der Waals surface area contributed by atoms with Crippen molar-refractivity contribution in [3.8, 4) is 0 Å². The number of hydrogen-bond acceptors (Lipinski definition) is 2. The predicted molar refractivity (Wildman–Crippen MR) is 47.7 cm³/mol. The number of halogens is 3. The van der Waals surface area contributed by atoms with Crippen LogP contribution in [-0.2, 0) is 6.42 Å². The third-order valence-electron chi connectivity index (χ3n) is 1.81. The number of alkyl halides is 3. The van der Waals surface area contributed by atoms with E-state index in [-0.39, 0.29) is 11.3 Å². The maximum atomic E-state index is 12.6. The van der Waals surface area contributed by atoms with E-state index in [0.717, 1.165) is 12.1 Å². The molecule has 1 aromatic rings. The van der Waals surface area contributed by atoms with E-state index in [1.165, 1.54) is 12.1 Å². The first kappa shape index (κ1) is 11.5. The molecular weight excluding hydrogens is 211 g/mol. The fourth-order valence-corrected chi connectivity index (χ4v) is 1.08. The summed E-state index contributed by atoms with van der Waals surface area (Å²) in [6.45, 7) is -1.73. The van der Waals surface area contributed by atoms with Gasteiger partial charge in [0, 0.05) is 18.6 Å². The van der Waals surface area contributed by atoms with Crippen LogP contribution >= 0.6 is 0 Å². The second-order valence-corrected chi connectivity index (χ2v) is 3.09. The normalized spacial score (nSPS) is 11.4. The molecule has 0 bridgehead atoms. The molecule has 0 heterocycles. The summed E-state index contributed by atoms with van der Waals surface area (Å²) in [5.41, 5.74) is -0.00874. The summed E-state index contributed by atoms with van der Waals surface area (Å²) in [6, 6.07) is 4.62. The molecule has 6 heteroatoms. The Morgan fingerprint density at radius 3 is 2.20 bits per heavy atom. The van der Waals surface area contributed by atoms with Gasteiger partial charge in [0.15, 0.2) is 6.67 Å².